The lowest BCUT2D eigenvalue weighted by molar-refractivity contribution is -0.124. The Morgan fingerprint density at radius 3 is 2.67 bits per heavy atom. The molecule has 0 radical (unpaired) electrons. The Kier molecular flexibility index (Phi) is 5.80. The molecule has 3 nitrogen and oxygen atoms in total. The zero-order valence-electron chi connectivity index (χ0n) is 13.5. The van der Waals surface area contributed by atoms with Crippen molar-refractivity contribution in [1.82, 2.24) is 10.6 Å². The number of hydrogen-bond acceptors (Lipinski definition) is 2. The highest BCUT2D eigenvalue weighted by Crippen LogP contribution is 2.16. The van der Waals surface area contributed by atoms with Crippen LogP contribution in [0.2, 0.25) is 0 Å². The topological polar surface area (TPSA) is 41.1 Å². The second-order valence-electron chi connectivity index (χ2n) is 6.64. The molecule has 0 saturated heterocycles. The molecule has 3 heteroatoms. The van der Waals surface area contributed by atoms with Crippen LogP contribution in [0.15, 0.2) is 24.3 Å². The van der Waals surface area contributed by atoms with Crippen LogP contribution < -0.4 is 10.6 Å². The average molecular weight is 288 g/mol. The van der Waals surface area contributed by atoms with E-state index < -0.39 is 0 Å². The molecule has 0 fully saturated rings. The van der Waals surface area contributed by atoms with Gasteiger partial charge in [-0.1, -0.05) is 51.0 Å². The molecule has 2 rings (SSSR count). The van der Waals surface area contributed by atoms with E-state index in [1.807, 2.05) is 6.07 Å². The van der Waals surface area contributed by atoms with Gasteiger partial charge in [-0.2, -0.15) is 0 Å². The standard InChI is InChI=1S/C18H28N2O/c1-13(2)7-6-8-14(3)20-18(21)17-11-15-9-4-5-10-16(15)12-19-17/h4-5,9-10,13-14,17,19H,6-8,11-12H2,1-3H3,(H,20,21). The minimum Gasteiger partial charge on any atom is -0.352 e. The Bertz CT molecular complexity index is 470. The van der Waals surface area contributed by atoms with E-state index in [1.54, 1.807) is 0 Å². The molecule has 116 valence electrons. The van der Waals surface area contributed by atoms with Gasteiger partial charge in [-0.25, -0.2) is 0 Å². The number of carbonyl (C=O) groups is 1. The Hall–Kier alpha value is -1.35. The number of hydrogen-bond donors (Lipinski definition) is 2. The van der Waals surface area contributed by atoms with Gasteiger partial charge in [0.05, 0.1) is 6.04 Å². The minimum atomic E-state index is -0.0903. The molecule has 0 aliphatic carbocycles. The number of nitrogens with one attached hydrogen (secondary N) is 2. The van der Waals surface area contributed by atoms with E-state index in [9.17, 15) is 4.79 Å². The smallest absolute Gasteiger partial charge is 0.237 e. The fourth-order valence-electron chi connectivity index (χ4n) is 2.89. The second kappa shape index (κ2) is 7.60. The first kappa shape index (κ1) is 16.0. The fraction of sp³-hybridized carbons (Fsp3) is 0.611. The SMILES string of the molecule is CC(C)CCCC(C)NC(=O)C1Cc2ccccc2CN1. The molecule has 2 atom stereocenters. The lowest BCUT2D eigenvalue weighted by Gasteiger charge is -2.26. The summed E-state index contributed by atoms with van der Waals surface area (Å²) < 4.78 is 0. The summed E-state index contributed by atoms with van der Waals surface area (Å²) in [5.74, 6) is 0.881. The Morgan fingerprint density at radius 1 is 1.24 bits per heavy atom. The number of benzene rings is 1. The van der Waals surface area contributed by atoms with Crippen molar-refractivity contribution in [2.24, 2.45) is 5.92 Å². The van der Waals surface area contributed by atoms with Crippen molar-refractivity contribution in [2.75, 3.05) is 0 Å². The molecule has 0 aromatic heterocycles. The zero-order chi connectivity index (χ0) is 15.2. The van der Waals surface area contributed by atoms with Crippen molar-refractivity contribution in [2.45, 2.75) is 65.1 Å². The van der Waals surface area contributed by atoms with Crippen molar-refractivity contribution in [1.29, 1.82) is 0 Å². The van der Waals surface area contributed by atoms with Crippen LogP contribution >= 0.6 is 0 Å². The first-order valence-electron chi connectivity index (χ1n) is 8.16. The van der Waals surface area contributed by atoms with E-state index in [0.29, 0.717) is 0 Å². The maximum atomic E-state index is 12.3. The van der Waals surface area contributed by atoms with Gasteiger partial charge in [-0.15, -0.1) is 0 Å². The Morgan fingerprint density at radius 2 is 1.95 bits per heavy atom. The van der Waals surface area contributed by atoms with Crippen molar-refractivity contribution in [3.8, 4) is 0 Å². The fourth-order valence-corrected chi connectivity index (χ4v) is 2.89. The quantitative estimate of drug-likeness (QED) is 0.845. The second-order valence-corrected chi connectivity index (χ2v) is 6.64. The van der Waals surface area contributed by atoms with Gasteiger partial charge in [-0.05, 0) is 36.8 Å². The van der Waals surface area contributed by atoms with E-state index >= 15 is 0 Å². The summed E-state index contributed by atoms with van der Waals surface area (Å²) in [7, 11) is 0. The van der Waals surface area contributed by atoms with E-state index in [1.165, 1.54) is 24.0 Å². The summed E-state index contributed by atoms with van der Waals surface area (Å²) in [6.07, 6.45) is 4.27. The average Bonchev–Trinajstić information content (AvgIpc) is 2.46. The number of carbonyl (C=O) groups excluding carboxylic acids is 1. The van der Waals surface area contributed by atoms with Gasteiger partial charge in [0.15, 0.2) is 0 Å². The predicted octanol–water partition coefficient (Wildman–Crippen LogP) is 3.03. The Labute approximate surface area is 128 Å². The van der Waals surface area contributed by atoms with Crippen LogP contribution in [0.3, 0.4) is 0 Å². The van der Waals surface area contributed by atoms with Gasteiger partial charge in [0.25, 0.3) is 0 Å². The molecule has 2 N–H and O–H groups in total. The predicted molar refractivity (Wildman–Crippen MR) is 87.1 cm³/mol. The molecule has 1 aliphatic rings. The number of fused-ring (bicyclic) bond motifs is 1. The molecule has 1 aromatic rings. The molecular formula is C18H28N2O. The van der Waals surface area contributed by atoms with Gasteiger partial charge < -0.3 is 10.6 Å². The lowest BCUT2D eigenvalue weighted by atomic mass is 9.95. The first-order chi connectivity index (χ1) is 10.1. The molecule has 21 heavy (non-hydrogen) atoms. The molecule has 0 bridgehead atoms. The first-order valence-corrected chi connectivity index (χ1v) is 8.16. The molecule has 0 spiro atoms. The normalized spacial score (nSPS) is 19.1. The third-order valence-corrected chi connectivity index (χ3v) is 4.21. The monoisotopic (exact) mass is 288 g/mol. The van der Waals surface area contributed by atoms with Crippen LogP contribution in [-0.4, -0.2) is 18.0 Å². The Balaban J connectivity index is 1.79. The third kappa shape index (κ3) is 4.85. The number of amides is 1. The van der Waals surface area contributed by atoms with Crippen molar-refractivity contribution < 1.29 is 4.79 Å². The van der Waals surface area contributed by atoms with E-state index in [4.69, 9.17) is 0 Å². The van der Waals surface area contributed by atoms with Gasteiger partial charge in [0, 0.05) is 12.6 Å². The minimum absolute atomic E-state index is 0.0903. The van der Waals surface area contributed by atoms with Crippen molar-refractivity contribution in [3.05, 3.63) is 35.4 Å². The van der Waals surface area contributed by atoms with Crippen molar-refractivity contribution >= 4 is 5.91 Å². The van der Waals surface area contributed by atoms with Crippen LogP contribution in [0.1, 0.15) is 51.2 Å². The maximum absolute atomic E-state index is 12.3. The summed E-state index contributed by atoms with van der Waals surface area (Å²) in [5, 5.41) is 6.50. The molecule has 2 unspecified atom stereocenters. The van der Waals surface area contributed by atoms with Gasteiger partial charge in [-0.3, -0.25) is 4.79 Å². The molecule has 1 aromatic carbocycles. The highest BCUT2D eigenvalue weighted by atomic mass is 16.2. The van der Waals surface area contributed by atoms with E-state index in [2.05, 4.69) is 49.6 Å². The van der Waals surface area contributed by atoms with Gasteiger partial charge in [0.2, 0.25) is 5.91 Å². The summed E-state index contributed by atoms with van der Waals surface area (Å²) in [6, 6.07) is 8.53. The maximum Gasteiger partial charge on any atom is 0.237 e. The third-order valence-electron chi connectivity index (χ3n) is 4.21. The van der Waals surface area contributed by atoms with Gasteiger partial charge in [0.1, 0.15) is 0 Å². The molecule has 0 saturated carbocycles. The van der Waals surface area contributed by atoms with Gasteiger partial charge >= 0.3 is 0 Å². The summed E-state index contributed by atoms with van der Waals surface area (Å²) in [6.45, 7) is 7.38. The summed E-state index contributed by atoms with van der Waals surface area (Å²) >= 11 is 0. The lowest BCUT2D eigenvalue weighted by Crippen LogP contribution is -2.49. The molecule has 1 amide bonds. The van der Waals surface area contributed by atoms with Crippen LogP contribution in [0.4, 0.5) is 0 Å². The summed E-state index contributed by atoms with van der Waals surface area (Å²) in [5.41, 5.74) is 2.61. The van der Waals surface area contributed by atoms with Crippen LogP contribution in [0.25, 0.3) is 0 Å². The van der Waals surface area contributed by atoms with Crippen molar-refractivity contribution in [3.63, 3.8) is 0 Å². The largest absolute Gasteiger partial charge is 0.352 e. The molecule has 1 aliphatic heterocycles. The van der Waals surface area contributed by atoms with Crippen LogP contribution in [-0.2, 0) is 17.8 Å². The number of rotatable bonds is 6. The molecule has 1 heterocycles. The molecular weight excluding hydrogens is 260 g/mol. The van der Waals surface area contributed by atoms with Crippen LogP contribution in [0.5, 0.6) is 0 Å². The van der Waals surface area contributed by atoms with Crippen LogP contribution in [0, 0.1) is 5.92 Å². The summed E-state index contributed by atoms with van der Waals surface area (Å²) in [4.78, 5) is 12.3. The highest BCUT2D eigenvalue weighted by molar-refractivity contribution is 5.82. The highest BCUT2D eigenvalue weighted by Gasteiger charge is 2.24. The zero-order valence-corrected chi connectivity index (χ0v) is 13.5. The van der Waals surface area contributed by atoms with E-state index in [0.717, 1.165) is 25.3 Å². The van der Waals surface area contributed by atoms with E-state index in [-0.39, 0.29) is 18.0 Å².